The molecule has 0 aromatic carbocycles. The standard InChI is InChI=1S/C9H10F2O2/c1-3-8(4-7(12)13-2)5-9(10,11)6-8/h1H,4-6H2,2H3. The third-order valence-corrected chi connectivity index (χ3v) is 2.21. The van der Waals surface area contributed by atoms with Crippen molar-refractivity contribution < 1.29 is 18.3 Å². The van der Waals surface area contributed by atoms with Gasteiger partial charge in [0.15, 0.2) is 0 Å². The van der Waals surface area contributed by atoms with Gasteiger partial charge in [-0.15, -0.1) is 6.42 Å². The Labute approximate surface area is 75.3 Å². The van der Waals surface area contributed by atoms with Gasteiger partial charge < -0.3 is 4.74 Å². The molecule has 0 aromatic rings. The van der Waals surface area contributed by atoms with E-state index in [0.717, 1.165) is 0 Å². The van der Waals surface area contributed by atoms with Gasteiger partial charge in [0.25, 0.3) is 5.92 Å². The number of carbonyl (C=O) groups excluding carboxylic acids is 1. The van der Waals surface area contributed by atoms with Crippen LogP contribution in [0.3, 0.4) is 0 Å². The molecule has 0 unspecified atom stereocenters. The molecule has 72 valence electrons. The van der Waals surface area contributed by atoms with Crippen LogP contribution >= 0.6 is 0 Å². The monoisotopic (exact) mass is 188 g/mol. The largest absolute Gasteiger partial charge is 0.469 e. The van der Waals surface area contributed by atoms with E-state index < -0.39 is 30.1 Å². The fourth-order valence-corrected chi connectivity index (χ4v) is 1.56. The van der Waals surface area contributed by atoms with Gasteiger partial charge >= 0.3 is 5.97 Å². The molecule has 13 heavy (non-hydrogen) atoms. The fraction of sp³-hybridized carbons (Fsp3) is 0.667. The summed E-state index contributed by atoms with van der Waals surface area (Å²) >= 11 is 0. The summed E-state index contributed by atoms with van der Waals surface area (Å²) in [5.41, 5.74) is -0.976. The number of esters is 1. The molecule has 2 nitrogen and oxygen atoms in total. The molecule has 0 atom stereocenters. The van der Waals surface area contributed by atoms with E-state index in [1.165, 1.54) is 7.11 Å². The van der Waals surface area contributed by atoms with Crippen molar-refractivity contribution in [1.29, 1.82) is 0 Å². The molecule has 0 spiro atoms. The molecular formula is C9H10F2O2. The lowest BCUT2D eigenvalue weighted by molar-refractivity contribution is -0.161. The summed E-state index contributed by atoms with van der Waals surface area (Å²) in [5.74, 6) is -0.987. The molecule has 0 heterocycles. The number of alkyl halides is 2. The first-order valence-electron chi connectivity index (χ1n) is 3.85. The zero-order valence-electron chi connectivity index (χ0n) is 7.27. The molecule has 0 bridgehead atoms. The minimum atomic E-state index is -2.71. The predicted octanol–water partition coefficient (Wildman–Crippen LogP) is 1.60. The van der Waals surface area contributed by atoms with Gasteiger partial charge in [-0.05, 0) is 0 Å². The summed E-state index contributed by atoms with van der Waals surface area (Å²) in [5, 5.41) is 0. The highest BCUT2D eigenvalue weighted by Crippen LogP contribution is 2.53. The van der Waals surface area contributed by atoms with E-state index in [1.807, 2.05) is 0 Å². The van der Waals surface area contributed by atoms with Gasteiger partial charge in [0.2, 0.25) is 0 Å². The second-order valence-corrected chi connectivity index (χ2v) is 3.39. The Hall–Kier alpha value is -1.11. The van der Waals surface area contributed by atoms with Crippen molar-refractivity contribution in [1.82, 2.24) is 0 Å². The van der Waals surface area contributed by atoms with Crippen LogP contribution in [0.4, 0.5) is 8.78 Å². The van der Waals surface area contributed by atoms with E-state index in [0.29, 0.717) is 0 Å². The summed E-state index contributed by atoms with van der Waals surface area (Å²) in [6, 6.07) is 0. The first-order chi connectivity index (χ1) is 5.93. The molecular weight excluding hydrogens is 178 g/mol. The van der Waals surface area contributed by atoms with E-state index in [2.05, 4.69) is 10.7 Å². The van der Waals surface area contributed by atoms with Gasteiger partial charge in [0.1, 0.15) is 0 Å². The Balaban J connectivity index is 2.57. The van der Waals surface area contributed by atoms with Crippen LogP contribution in [0, 0.1) is 17.8 Å². The van der Waals surface area contributed by atoms with Crippen LogP contribution in [-0.4, -0.2) is 19.0 Å². The van der Waals surface area contributed by atoms with E-state index in [1.54, 1.807) is 0 Å². The lowest BCUT2D eigenvalue weighted by Crippen LogP contribution is -2.46. The predicted molar refractivity (Wildman–Crippen MR) is 42.1 cm³/mol. The number of terminal acetylenes is 1. The summed E-state index contributed by atoms with van der Waals surface area (Å²) in [6.07, 6.45) is 4.16. The molecule has 0 N–H and O–H groups in total. The minimum absolute atomic E-state index is 0.115. The molecule has 1 aliphatic carbocycles. The first kappa shape index (κ1) is 9.97. The average Bonchev–Trinajstić information content (AvgIpc) is 2.00. The molecule has 4 heteroatoms. The van der Waals surface area contributed by atoms with Gasteiger partial charge in [-0.2, -0.15) is 0 Å². The van der Waals surface area contributed by atoms with Crippen LogP contribution in [0.2, 0.25) is 0 Å². The molecule has 1 saturated carbocycles. The van der Waals surface area contributed by atoms with Crippen molar-refractivity contribution in [2.24, 2.45) is 5.41 Å². The highest BCUT2D eigenvalue weighted by Gasteiger charge is 2.56. The number of halogens is 2. The lowest BCUT2D eigenvalue weighted by Gasteiger charge is -2.42. The quantitative estimate of drug-likeness (QED) is 0.486. The van der Waals surface area contributed by atoms with Crippen LogP contribution in [0.15, 0.2) is 0 Å². The summed E-state index contributed by atoms with van der Waals surface area (Å²) in [4.78, 5) is 10.8. The first-order valence-corrected chi connectivity index (χ1v) is 3.85. The zero-order valence-corrected chi connectivity index (χ0v) is 7.27. The van der Waals surface area contributed by atoms with Crippen LogP contribution in [0.25, 0.3) is 0 Å². The Morgan fingerprint density at radius 2 is 2.15 bits per heavy atom. The maximum atomic E-state index is 12.5. The van der Waals surface area contributed by atoms with Crippen LogP contribution in [-0.2, 0) is 9.53 Å². The number of hydrogen-bond donors (Lipinski definition) is 0. The molecule has 1 fully saturated rings. The van der Waals surface area contributed by atoms with Crippen molar-refractivity contribution >= 4 is 5.97 Å². The van der Waals surface area contributed by atoms with Gasteiger partial charge in [0, 0.05) is 12.8 Å². The van der Waals surface area contributed by atoms with E-state index in [4.69, 9.17) is 6.42 Å². The number of carbonyl (C=O) groups is 1. The second-order valence-electron chi connectivity index (χ2n) is 3.39. The normalized spacial score (nSPS) is 22.6. The van der Waals surface area contributed by atoms with E-state index in [9.17, 15) is 13.6 Å². The van der Waals surface area contributed by atoms with Gasteiger partial charge in [0.05, 0.1) is 18.9 Å². The zero-order chi connectivity index (χ0) is 10.1. The van der Waals surface area contributed by atoms with E-state index in [-0.39, 0.29) is 6.42 Å². The maximum absolute atomic E-state index is 12.5. The Morgan fingerprint density at radius 3 is 2.46 bits per heavy atom. The number of rotatable bonds is 2. The van der Waals surface area contributed by atoms with Crippen molar-refractivity contribution in [3.63, 3.8) is 0 Å². The third kappa shape index (κ3) is 1.97. The number of ether oxygens (including phenoxy) is 1. The molecule has 0 aromatic heterocycles. The minimum Gasteiger partial charge on any atom is -0.469 e. The highest BCUT2D eigenvalue weighted by atomic mass is 19.3. The number of methoxy groups -OCH3 is 1. The fourth-order valence-electron chi connectivity index (χ4n) is 1.56. The summed E-state index contributed by atoms with van der Waals surface area (Å²) < 4.78 is 29.4. The Morgan fingerprint density at radius 1 is 1.62 bits per heavy atom. The van der Waals surface area contributed by atoms with Crippen LogP contribution < -0.4 is 0 Å². The topological polar surface area (TPSA) is 26.3 Å². The van der Waals surface area contributed by atoms with E-state index >= 15 is 0 Å². The summed E-state index contributed by atoms with van der Waals surface area (Å²) in [7, 11) is 1.21. The molecule has 0 radical (unpaired) electrons. The van der Waals surface area contributed by atoms with Crippen LogP contribution in [0.1, 0.15) is 19.3 Å². The van der Waals surface area contributed by atoms with Crippen molar-refractivity contribution in [2.75, 3.05) is 7.11 Å². The smallest absolute Gasteiger partial charge is 0.307 e. The Bertz CT molecular complexity index is 257. The third-order valence-electron chi connectivity index (χ3n) is 2.21. The van der Waals surface area contributed by atoms with Gasteiger partial charge in [-0.3, -0.25) is 4.79 Å². The SMILES string of the molecule is C#CC1(CC(=O)OC)CC(F)(F)C1. The lowest BCUT2D eigenvalue weighted by atomic mass is 9.65. The number of hydrogen-bond acceptors (Lipinski definition) is 2. The summed E-state index contributed by atoms with van der Waals surface area (Å²) in [6.45, 7) is 0. The average molecular weight is 188 g/mol. The molecule has 0 amide bonds. The van der Waals surface area contributed by atoms with Crippen molar-refractivity contribution in [3.05, 3.63) is 0 Å². The Kier molecular flexibility index (Phi) is 2.29. The van der Waals surface area contributed by atoms with Gasteiger partial charge in [-0.25, -0.2) is 8.78 Å². The maximum Gasteiger partial charge on any atom is 0.307 e. The molecule has 0 saturated heterocycles. The van der Waals surface area contributed by atoms with Crippen molar-refractivity contribution in [2.45, 2.75) is 25.2 Å². The highest BCUT2D eigenvalue weighted by molar-refractivity contribution is 5.71. The molecule has 0 aliphatic heterocycles. The van der Waals surface area contributed by atoms with Gasteiger partial charge in [-0.1, -0.05) is 5.92 Å². The molecule has 1 rings (SSSR count). The second kappa shape index (κ2) is 2.99. The van der Waals surface area contributed by atoms with Crippen LogP contribution in [0.5, 0.6) is 0 Å². The van der Waals surface area contributed by atoms with Crippen molar-refractivity contribution in [3.8, 4) is 12.3 Å². The molecule has 1 aliphatic rings.